The molecule has 0 bridgehead atoms. The van der Waals surface area contributed by atoms with Crippen LogP contribution in [0.1, 0.15) is 42.5 Å². The number of rotatable bonds is 4. The Morgan fingerprint density at radius 2 is 1.87 bits per heavy atom. The average Bonchev–Trinajstić information content (AvgIpc) is 2.22. The molecule has 0 saturated heterocycles. The Hall–Kier alpha value is -0.380. The first-order chi connectivity index (χ1) is 7.10. The lowest BCUT2D eigenvalue weighted by molar-refractivity contribution is 0.509. The van der Waals surface area contributed by atoms with Gasteiger partial charge < -0.3 is 0 Å². The van der Waals surface area contributed by atoms with E-state index in [0.717, 1.165) is 12.8 Å². The molecule has 3 N–H and O–H groups in total. The van der Waals surface area contributed by atoms with Crippen LogP contribution >= 0.6 is 15.9 Å². The molecule has 1 rings (SSSR count). The third-order valence-electron chi connectivity index (χ3n) is 2.64. The third-order valence-corrected chi connectivity index (χ3v) is 3.89. The van der Waals surface area contributed by atoms with E-state index in [1.807, 2.05) is 0 Å². The van der Waals surface area contributed by atoms with Crippen molar-refractivity contribution in [2.75, 3.05) is 0 Å². The standard InChI is InChI=1S/C12H19BrN2/c1-4-5-11(15-14)10-6-8(2)12(13)9(3)7-10/h6-7,11,15H,4-5,14H2,1-3H3. The largest absolute Gasteiger partial charge is 0.271 e. The second kappa shape index (κ2) is 5.64. The molecule has 0 aliphatic heterocycles. The van der Waals surface area contributed by atoms with Gasteiger partial charge in [0.1, 0.15) is 0 Å². The SMILES string of the molecule is CCCC(NN)c1cc(C)c(Br)c(C)c1. The van der Waals surface area contributed by atoms with Crippen molar-refractivity contribution in [3.8, 4) is 0 Å². The molecule has 0 saturated carbocycles. The fourth-order valence-corrected chi connectivity index (χ4v) is 2.04. The fraction of sp³-hybridized carbons (Fsp3) is 0.500. The van der Waals surface area contributed by atoms with Crippen LogP contribution in [-0.2, 0) is 0 Å². The van der Waals surface area contributed by atoms with Crippen LogP contribution in [0.3, 0.4) is 0 Å². The molecule has 2 nitrogen and oxygen atoms in total. The van der Waals surface area contributed by atoms with Crippen molar-refractivity contribution < 1.29 is 0 Å². The number of aryl methyl sites for hydroxylation is 2. The molecule has 0 amide bonds. The van der Waals surface area contributed by atoms with Crippen molar-refractivity contribution in [1.82, 2.24) is 5.43 Å². The van der Waals surface area contributed by atoms with Crippen molar-refractivity contribution in [2.45, 2.75) is 39.7 Å². The highest BCUT2D eigenvalue weighted by molar-refractivity contribution is 9.10. The van der Waals surface area contributed by atoms with Crippen molar-refractivity contribution in [1.29, 1.82) is 0 Å². The van der Waals surface area contributed by atoms with Gasteiger partial charge in [0, 0.05) is 10.5 Å². The number of hydrogen-bond donors (Lipinski definition) is 2. The lowest BCUT2D eigenvalue weighted by Crippen LogP contribution is -2.28. The summed E-state index contributed by atoms with van der Waals surface area (Å²) < 4.78 is 1.19. The molecule has 1 aromatic carbocycles. The highest BCUT2D eigenvalue weighted by atomic mass is 79.9. The van der Waals surface area contributed by atoms with Gasteiger partial charge in [-0.25, -0.2) is 0 Å². The van der Waals surface area contributed by atoms with Gasteiger partial charge in [-0.1, -0.05) is 41.4 Å². The molecule has 1 atom stereocenters. The monoisotopic (exact) mass is 270 g/mol. The summed E-state index contributed by atoms with van der Waals surface area (Å²) in [5.41, 5.74) is 6.68. The van der Waals surface area contributed by atoms with Crippen LogP contribution in [0, 0.1) is 13.8 Å². The zero-order valence-corrected chi connectivity index (χ0v) is 11.2. The molecule has 3 heteroatoms. The molecular weight excluding hydrogens is 252 g/mol. The van der Waals surface area contributed by atoms with Gasteiger partial charge >= 0.3 is 0 Å². The zero-order valence-electron chi connectivity index (χ0n) is 9.60. The van der Waals surface area contributed by atoms with Crippen LogP contribution in [-0.4, -0.2) is 0 Å². The summed E-state index contributed by atoms with van der Waals surface area (Å²) in [4.78, 5) is 0. The number of halogens is 1. The van der Waals surface area contributed by atoms with Gasteiger partial charge in [0.2, 0.25) is 0 Å². The minimum absolute atomic E-state index is 0.264. The molecule has 0 fully saturated rings. The van der Waals surface area contributed by atoms with E-state index in [1.54, 1.807) is 0 Å². The molecule has 0 aromatic heterocycles. The molecule has 0 aliphatic rings. The van der Waals surface area contributed by atoms with Gasteiger partial charge in [-0.05, 0) is 37.0 Å². The van der Waals surface area contributed by atoms with Gasteiger partial charge in [-0.15, -0.1) is 0 Å². The maximum atomic E-state index is 5.57. The number of nitrogens with one attached hydrogen (secondary N) is 1. The van der Waals surface area contributed by atoms with Crippen LogP contribution in [0.2, 0.25) is 0 Å². The molecule has 0 heterocycles. The van der Waals surface area contributed by atoms with Gasteiger partial charge in [-0.2, -0.15) is 0 Å². The summed E-state index contributed by atoms with van der Waals surface area (Å²) in [6.45, 7) is 6.39. The third kappa shape index (κ3) is 3.03. The summed E-state index contributed by atoms with van der Waals surface area (Å²) in [7, 11) is 0. The summed E-state index contributed by atoms with van der Waals surface area (Å²) >= 11 is 3.57. The zero-order chi connectivity index (χ0) is 11.4. The predicted molar refractivity (Wildman–Crippen MR) is 68.6 cm³/mol. The molecule has 0 spiro atoms. The summed E-state index contributed by atoms with van der Waals surface area (Å²) in [5.74, 6) is 5.57. The maximum Gasteiger partial charge on any atom is 0.0460 e. The second-order valence-electron chi connectivity index (χ2n) is 3.98. The lowest BCUT2D eigenvalue weighted by Gasteiger charge is -2.17. The molecule has 15 heavy (non-hydrogen) atoms. The van der Waals surface area contributed by atoms with Crippen molar-refractivity contribution in [3.63, 3.8) is 0 Å². The number of benzene rings is 1. The van der Waals surface area contributed by atoms with Crippen LogP contribution in [0.25, 0.3) is 0 Å². The van der Waals surface area contributed by atoms with Crippen LogP contribution in [0.4, 0.5) is 0 Å². The first-order valence-corrected chi connectivity index (χ1v) is 6.12. The Bertz CT molecular complexity index is 313. The lowest BCUT2D eigenvalue weighted by atomic mass is 9.99. The normalized spacial score (nSPS) is 12.9. The fourth-order valence-electron chi connectivity index (χ4n) is 1.82. The van der Waals surface area contributed by atoms with Gasteiger partial charge in [-0.3, -0.25) is 11.3 Å². The van der Waals surface area contributed by atoms with E-state index in [2.05, 4.69) is 54.3 Å². The highest BCUT2D eigenvalue weighted by Crippen LogP contribution is 2.27. The second-order valence-corrected chi connectivity index (χ2v) is 4.77. The number of nitrogens with two attached hydrogens (primary N) is 1. The predicted octanol–water partition coefficient (Wildman–Crippen LogP) is 3.37. The van der Waals surface area contributed by atoms with Crippen LogP contribution in [0.15, 0.2) is 16.6 Å². The molecule has 0 radical (unpaired) electrons. The Kier molecular flexibility index (Phi) is 4.77. The summed E-state index contributed by atoms with van der Waals surface area (Å²) in [6, 6.07) is 4.65. The van der Waals surface area contributed by atoms with E-state index < -0.39 is 0 Å². The van der Waals surface area contributed by atoms with Gasteiger partial charge in [0.15, 0.2) is 0 Å². The minimum atomic E-state index is 0.264. The smallest absolute Gasteiger partial charge is 0.0460 e. The first kappa shape index (κ1) is 12.7. The molecule has 1 unspecified atom stereocenters. The van der Waals surface area contributed by atoms with Crippen LogP contribution in [0.5, 0.6) is 0 Å². The van der Waals surface area contributed by atoms with Crippen molar-refractivity contribution >= 4 is 15.9 Å². The molecule has 0 aliphatic carbocycles. The molecule has 1 aromatic rings. The minimum Gasteiger partial charge on any atom is -0.271 e. The quantitative estimate of drug-likeness (QED) is 0.651. The van der Waals surface area contributed by atoms with E-state index in [4.69, 9.17) is 5.84 Å². The van der Waals surface area contributed by atoms with E-state index in [9.17, 15) is 0 Å². The summed E-state index contributed by atoms with van der Waals surface area (Å²) in [5, 5.41) is 0. The maximum absolute atomic E-state index is 5.57. The molecular formula is C12H19BrN2. The Morgan fingerprint density at radius 1 is 1.33 bits per heavy atom. The van der Waals surface area contributed by atoms with E-state index >= 15 is 0 Å². The van der Waals surface area contributed by atoms with Gasteiger partial charge in [0.05, 0.1) is 0 Å². The van der Waals surface area contributed by atoms with E-state index in [-0.39, 0.29) is 6.04 Å². The number of hydrogen-bond acceptors (Lipinski definition) is 2. The Balaban J connectivity index is 3.03. The Labute approximate surface area is 100 Å². The number of hydrazine groups is 1. The van der Waals surface area contributed by atoms with E-state index in [1.165, 1.54) is 21.2 Å². The van der Waals surface area contributed by atoms with Crippen molar-refractivity contribution in [2.24, 2.45) is 5.84 Å². The topological polar surface area (TPSA) is 38.0 Å². The Morgan fingerprint density at radius 3 is 2.27 bits per heavy atom. The first-order valence-electron chi connectivity index (χ1n) is 5.33. The highest BCUT2D eigenvalue weighted by Gasteiger charge is 2.10. The van der Waals surface area contributed by atoms with Gasteiger partial charge in [0.25, 0.3) is 0 Å². The van der Waals surface area contributed by atoms with Crippen molar-refractivity contribution in [3.05, 3.63) is 33.3 Å². The van der Waals surface area contributed by atoms with Crippen LogP contribution < -0.4 is 11.3 Å². The summed E-state index contributed by atoms with van der Waals surface area (Å²) in [6.07, 6.45) is 2.19. The molecule has 84 valence electrons. The average molecular weight is 271 g/mol. The van der Waals surface area contributed by atoms with E-state index in [0.29, 0.717) is 0 Å².